The second kappa shape index (κ2) is 11.6. The topological polar surface area (TPSA) is 98.9 Å². The van der Waals surface area contributed by atoms with Crippen LogP contribution in [0.1, 0.15) is 43.7 Å². The van der Waals surface area contributed by atoms with Crippen LogP contribution in [0.4, 0.5) is 0 Å². The zero-order valence-corrected chi connectivity index (χ0v) is 17.9. The molecule has 1 fully saturated rings. The largest absolute Gasteiger partial charge is 0.539 e. The summed E-state index contributed by atoms with van der Waals surface area (Å²) in [6.45, 7) is 5.28. The van der Waals surface area contributed by atoms with Gasteiger partial charge in [-0.05, 0) is 50.4 Å². The fourth-order valence-corrected chi connectivity index (χ4v) is 4.58. The fraction of sp³-hybridized carbons (Fsp3) is 0.381. The molecular formula is C21H25NO5S2. The predicted octanol–water partition coefficient (Wildman–Crippen LogP) is 1.48. The molecule has 6 nitrogen and oxygen atoms in total. The van der Waals surface area contributed by atoms with Crippen molar-refractivity contribution in [3.05, 3.63) is 50.4 Å². The zero-order valence-electron chi connectivity index (χ0n) is 16.3. The van der Waals surface area contributed by atoms with Crippen LogP contribution in [0.15, 0.2) is 39.2 Å². The average molecular weight is 436 g/mol. The van der Waals surface area contributed by atoms with E-state index in [0.29, 0.717) is 12.2 Å². The van der Waals surface area contributed by atoms with Crippen molar-refractivity contribution in [1.82, 2.24) is 0 Å². The number of nitrogens with one attached hydrogen (secondary N) is 1. The van der Waals surface area contributed by atoms with Gasteiger partial charge < -0.3 is 19.9 Å². The molecule has 1 saturated heterocycles. The molecule has 1 aliphatic heterocycles. The standard InChI is InChI=1S/C19H23NOS2.C2H2O4/c1-2-18(21)5-10-20-8-3-15(4-9-20)19(16-6-11-22-13-16)17-7-12-23-14-17;3-1(4)2(5)6/h6-7,11-14H,2-5,8-10H2,1H3;(H,3,4)(H,5,6). The van der Waals surface area contributed by atoms with Crippen LogP contribution < -0.4 is 10.0 Å². The van der Waals surface area contributed by atoms with Crippen molar-refractivity contribution in [2.45, 2.75) is 32.6 Å². The molecule has 0 atom stereocenters. The van der Waals surface area contributed by atoms with Crippen molar-refractivity contribution < 1.29 is 29.5 Å². The first-order chi connectivity index (χ1) is 13.9. The average Bonchev–Trinajstić information content (AvgIpc) is 3.42. The van der Waals surface area contributed by atoms with Gasteiger partial charge in [-0.1, -0.05) is 12.5 Å². The highest BCUT2D eigenvalue weighted by Gasteiger charge is 2.22. The molecule has 0 unspecified atom stereocenters. The summed E-state index contributed by atoms with van der Waals surface area (Å²) < 4.78 is 0. The maximum atomic E-state index is 11.5. The van der Waals surface area contributed by atoms with E-state index in [-0.39, 0.29) is 0 Å². The number of piperidine rings is 1. The van der Waals surface area contributed by atoms with Crippen LogP contribution in [0.2, 0.25) is 0 Å². The lowest BCUT2D eigenvalue weighted by molar-refractivity contribution is -0.902. The van der Waals surface area contributed by atoms with Crippen LogP contribution in [0, 0.1) is 0 Å². The van der Waals surface area contributed by atoms with Gasteiger partial charge in [-0.15, -0.1) is 0 Å². The normalized spacial score (nSPS) is 15.9. The van der Waals surface area contributed by atoms with E-state index >= 15 is 0 Å². The Morgan fingerprint density at radius 2 is 1.59 bits per heavy atom. The van der Waals surface area contributed by atoms with Gasteiger partial charge in [0.1, 0.15) is 5.78 Å². The Bertz CT molecular complexity index is 782. The van der Waals surface area contributed by atoms with E-state index in [0.717, 1.165) is 38.9 Å². The number of rotatable bonds is 6. The van der Waals surface area contributed by atoms with Crippen LogP contribution in [0.5, 0.6) is 0 Å². The van der Waals surface area contributed by atoms with Gasteiger partial charge >= 0.3 is 5.97 Å². The first kappa shape index (κ1) is 23.0. The number of thiophene rings is 2. The van der Waals surface area contributed by atoms with E-state index in [9.17, 15) is 4.79 Å². The number of likely N-dealkylation sites (tertiary alicyclic amines) is 1. The number of aliphatic carboxylic acids is 2. The SMILES string of the molecule is CCC(=O)CC[NH+]1CCC(=C(c2ccsc2)c2ccsc2)CC1.O=C([O-])C(=O)O. The molecule has 2 aromatic heterocycles. The zero-order chi connectivity index (χ0) is 21.2. The molecule has 1 aliphatic rings. The summed E-state index contributed by atoms with van der Waals surface area (Å²) >= 11 is 3.54. The Labute approximate surface area is 178 Å². The van der Waals surface area contributed by atoms with Gasteiger partial charge in [-0.25, -0.2) is 4.79 Å². The minimum atomic E-state index is -2.07. The summed E-state index contributed by atoms with van der Waals surface area (Å²) in [5.41, 5.74) is 5.78. The third-order valence-electron chi connectivity index (χ3n) is 4.86. The summed E-state index contributed by atoms with van der Waals surface area (Å²) in [4.78, 5) is 31.1. The lowest BCUT2D eigenvalue weighted by atomic mass is 9.91. The van der Waals surface area contributed by atoms with Gasteiger partial charge in [0.2, 0.25) is 0 Å². The molecule has 0 radical (unpaired) electrons. The van der Waals surface area contributed by atoms with E-state index in [1.165, 1.54) is 16.7 Å². The number of carboxylic acid groups (broad SMARTS) is 2. The van der Waals surface area contributed by atoms with E-state index in [1.807, 2.05) is 6.92 Å². The minimum Gasteiger partial charge on any atom is -0.539 e. The van der Waals surface area contributed by atoms with Gasteiger partial charge in [-0.3, -0.25) is 4.79 Å². The van der Waals surface area contributed by atoms with Crippen LogP contribution >= 0.6 is 22.7 Å². The number of quaternary nitrogens is 1. The molecule has 2 aromatic rings. The third kappa shape index (κ3) is 7.23. The Hall–Kier alpha value is -2.29. The summed E-state index contributed by atoms with van der Waals surface area (Å²) in [5.74, 6) is -3.61. The molecule has 0 bridgehead atoms. The number of carbonyl (C=O) groups is 3. The highest BCUT2D eigenvalue weighted by molar-refractivity contribution is 7.08. The Morgan fingerprint density at radius 3 is 1.97 bits per heavy atom. The molecule has 0 spiro atoms. The number of hydrogen-bond acceptors (Lipinski definition) is 6. The number of Topliss-reactive ketones (excluding diaryl/α,β-unsaturated/α-hetero) is 1. The second-order valence-corrected chi connectivity index (χ2v) is 8.30. The monoisotopic (exact) mass is 435 g/mol. The van der Waals surface area contributed by atoms with Crippen LogP contribution in [-0.4, -0.2) is 42.5 Å². The van der Waals surface area contributed by atoms with Gasteiger partial charge in [-0.2, -0.15) is 22.7 Å². The van der Waals surface area contributed by atoms with E-state index in [1.54, 1.807) is 33.1 Å². The van der Waals surface area contributed by atoms with E-state index in [2.05, 4.69) is 33.7 Å². The van der Waals surface area contributed by atoms with Crippen molar-refractivity contribution in [1.29, 1.82) is 0 Å². The van der Waals surface area contributed by atoms with Gasteiger partial charge in [0.25, 0.3) is 0 Å². The quantitative estimate of drug-likeness (QED) is 0.670. The van der Waals surface area contributed by atoms with Crippen molar-refractivity contribution in [2.75, 3.05) is 19.6 Å². The number of hydrogen-bond donors (Lipinski definition) is 2. The number of carbonyl (C=O) groups excluding carboxylic acids is 2. The van der Waals surface area contributed by atoms with E-state index in [4.69, 9.17) is 19.8 Å². The molecule has 3 rings (SSSR count). The summed E-state index contributed by atoms with van der Waals surface area (Å²) in [6.07, 6.45) is 3.72. The maximum Gasteiger partial charge on any atom is 0.351 e. The molecule has 0 amide bonds. The highest BCUT2D eigenvalue weighted by Crippen LogP contribution is 2.32. The molecule has 3 heterocycles. The first-order valence-corrected chi connectivity index (χ1v) is 11.4. The predicted molar refractivity (Wildman–Crippen MR) is 112 cm³/mol. The van der Waals surface area contributed by atoms with Gasteiger partial charge in [0.05, 0.1) is 26.1 Å². The molecule has 0 saturated carbocycles. The molecule has 29 heavy (non-hydrogen) atoms. The van der Waals surface area contributed by atoms with Crippen molar-refractivity contribution in [3.63, 3.8) is 0 Å². The summed E-state index contributed by atoms with van der Waals surface area (Å²) in [7, 11) is 0. The maximum absolute atomic E-state index is 11.5. The summed E-state index contributed by atoms with van der Waals surface area (Å²) in [6, 6.07) is 4.48. The number of carboxylic acids is 2. The summed E-state index contributed by atoms with van der Waals surface area (Å²) in [5, 5.41) is 25.2. The second-order valence-electron chi connectivity index (χ2n) is 6.74. The van der Waals surface area contributed by atoms with Crippen molar-refractivity contribution >= 4 is 46.0 Å². The first-order valence-electron chi connectivity index (χ1n) is 9.49. The van der Waals surface area contributed by atoms with Crippen molar-refractivity contribution in [2.24, 2.45) is 0 Å². The molecule has 8 heteroatoms. The van der Waals surface area contributed by atoms with Crippen LogP contribution in [0.25, 0.3) is 5.57 Å². The molecule has 0 aliphatic carbocycles. The third-order valence-corrected chi connectivity index (χ3v) is 6.23. The molecule has 0 aromatic carbocycles. The Morgan fingerprint density at radius 1 is 1.07 bits per heavy atom. The molecular weight excluding hydrogens is 410 g/mol. The molecule has 156 valence electrons. The van der Waals surface area contributed by atoms with Crippen molar-refractivity contribution in [3.8, 4) is 0 Å². The number of ketones is 1. The highest BCUT2D eigenvalue weighted by atomic mass is 32.1. The Kier molecular flexibility index (Phi) is 9.24. The lowest BCUT2D eigenvalue weighted by Gasteiger charge is -2.27. The van der Waals surface area contributed by atoms with Crippen LogP contribution in [-0.2, 0) is 14.4 Å². The lowest BCUT2D eigenvalue weighted by Crippen LogP contribution is -3.13. The minimum absolute atomic E-state index is 0.399. The van der Waals surface area contributed by atoms with Gasteiger partial charge in [0.15, 0.2) is 5.97 Å². The fourth-order valence-electron chi connectivity index (χ4n) is 3.29. The van der Waals surface area contributed by atoms with E-state index < -0.39 is 11.9 Å². The van der Waals surface area contributed by atoms with Crippen LogP contribution in [0.3, 0.4) is 0 Å². The molecule has 2 N–H and O–H groups in total. The Balaban J connectivity index is 0.000000438. The van der Waals surface area contributed by atoms with Gasteiger partial charge in [0, 0.05) is 19.3 Å². The smallest absolute Gasteiger partial charge is 0.351 e.